The number of anilines is 1. The molecule has 2 unspecified atom stereocenters. The Bertz CT molecular complexity index is 617. The molecule has 1 saturated heterocycles. The lowest BCUT2D eigenvalue weighted by Crippen LogP contribution is -2.39. The number of benzene rings is 1. The predicted molar refractivity (Wildman–Crippen MR) is 84.4 cm³/mol. The first-order valence-corrected chi connectivity index (χ1v) is 7.50. The van der Waals surface area contributed by atoms with Crippen molar-refractivity contribution in [2.45, 2.75) is 18.5 Å². The van der Waals surface area contributed by atoms with Crippen LogP contribution in [0.15, 0.2) is 53.1 Å². The number of nitrogens with one attached hydrogen (secondary N) is 3. The normalized spacial score (nSPS) is 21.2. The molecule has 1 aliphatic rings. The summed E-state index contributed by atoms with van der Waals surface area (Å²) in [5.41, 5.74) is 7.35. The molecule has 2 heterocycles. The molecule has 6 heteroatoms. The molecule has 1 fully saturated rings. The number of pyridine rings is 1. The first-order valence-electron chi connectivity index (χ1n) is 6.71. The number of carbonyl (C=O) groups is 1. The van der Waals surface area contributed by atoms with Crippen LogP contribution in [0.25, 0.3) is 0 Å². The highest BCUT2D eigenvalue weighted by Crippen LogP contribution is 2.24. The van der Waals surface area contributed by atoms with Crippen LogP contribution in [0.1, 0.15) is 18.0 Å². The van der Waals surface area contributed by atoms with E-state index in [4.69, 9.17) is 0 Å². The number of rotatable bonds is 3. The maximum atomic E-state index is 12.2. The molecule has 1 aliphatic heterocycles. The molecule has 0 aliphatic carbocycles. The van der Waals surface area contributed by atoms with E-state index in [0.717, 1.165) is 10.0 Å². The van der Waals surface area contributed by atoms with Gasteiger partial charge in [-0.2, -0.15) is 0 Å². The minimum Gasteiger partial charge on any atom is -0.309 e. The third-order valence-corrected chi connectivity index (χ3v) is 3.94. The maximum Gasteiger partial charge on any atom is 0.244 e. The van der Waals surface area contributed by atoms with Crippen LogP contribution >= 0.6 is 15.9 Å². The molecule has 1 aromatic carbocycles. The van der Waals surface area contributed by atoms with Crippen molar-refractivity contribution < 1.29 is 4.79 Å². The zero-order valence-electron chi connectivity index (χ0n) is 11.2. The molecule has 0 saturated carbocycles. The van der Waals surface area contributed by atoms with Crippen molar-refractivity contribution in [3.8, 4) is 0 Å². The summed E-state index contributed by atoms with van der Waals surface area (Å²) >= 11 is 3.42. The van der Waals surface area contributed by atoms with Crippen molar-refractivity contribution in [1.82, 2.24) is 15.8 Å². The summed E-state index contributed by atoms with van der Waals surface area (Å²) in [5, 5.41) is 2.80. The van der Waals surface area contributed by atoms with Gasteiger partial charge in [0.2, 0.25) is 5.91 Å². The fraction of sp³-hybridized carbons (Fsp3) is 0.200. The van der Waals surface area contributed by atoms with Gasteiger partial charge in [-0.25, -0.2) is 15.8 Å². The van der Waals surface area contributed by atoms with E-state index in [-0.39, 0.29) is 18.0 Å². The second-order valence-electron chi connectivity index (χ2n) is 4.89. The Morgan fingerprint density at radius 3 is 2.71 bits per heavy atom. The molecule has 1 amide bonds. The average molecular weight is 347 g/mol. The van der Waals surface area contributed by atoms with Gasteiger partial charge in [0.25, 0.3) is 0 Å². The zero-order valence-corrected chi connectivity index (χ0v) is 12.8. The van der Waals surface area contributed by atoms with Crippen LogP contribution in [-0.4, -0.2) is 16.9 Å². The van der Waals surface area contributed by atoms with Crippen molar-refractivity contribution >= 4 is 27.7 Å². The van der Waals surface area contributed by atoms with E-state index >= 15 is 0 Å². The second-order valence-corrected chi connectivity index (χ2v) is 5.80. The van der Waals surface area contributed by atoms with Crippen molar-refractivity contribution in [2.24, 2.45) is 0 Å². The standard InChI is InChI=1S/C15H15BrN4O/c16-11-6-4-10(5-7-11)12-9-13(20-19-12)15(21)18-14-3-1-2-8-17-14/h1-8,12-13,19-20H,9H2,(H,17,18,21). The van der Waals surface area contributed by atoms with Crippen molar-refractivity contribution in [2.75, 3.05) is 5.32 Å². The van der Waals surface area contributed by atoms with E-state index in [1.165, 1.54) is 0 Å². The van der Waals surface area contributed by atoms with Crippen LogP contribution in [0, 0.1) is 0 Å². The van der Waals surface area contributed by atoms with E-state index in [9.17, 15) is 4.79 Å². The molecule has 1 aromatic heterocycles. The van der Waals surface area contributed by atoms with Gasteiger partial charge in [0.1, 0.15) is 11.9 Å². The molecule has 108 valence electrons. The lowest BCUT2D eigenvalue weighted by Gasteiger charge is -2.10. The van der Waals surface area contributed by atoms with Crippen molar-refractivity contribution in [1.29, 1.82) is 0 Å². The Kier molecular flexibility index (Phi) is 4.28. The molecule has 0 radical (unpaired) electrons. The number of nitrogens with zero attached hydrogens (tertiary/aromatic N) is 1. The number of hydrogen-bond donors (Lipinski definition) is 3. The van der Waals surface area contributed by atoms with Crippen LogP contribution in [0.2, 0.25) is 0 Å². The van der Waals surface area contributed by atoms with Crippen LogP contribution in [0.3, 0.4) is 0 Å². The topological polar surface area (TPSA) is 66.0 Å². The second kappa shape index (κ2) is 6.34. The highest BCUT2D eigenvalue weighted by atomic mass is 79.9. The minimum absolute atomic E-state index is 0.0826. The van der Waals surface area contributed by atoms with E-state index in [2.05, 4.69) is 37.1 Å². The van der Waals surface area contributed by atoms with E-state index in [1.807, 2.05) is 36.4 Å². The fourth-order valence-electron chi connectivity index (χ4n) is 2.29. The van der Waals surface area contributed by atoms with Gasteiger partial charge < -0.3 is 5.32 Å². The molecule has 21 heavy (non-hydrogen) atoms. The van der Waals surface area contributed by atoms with Gasteiger partial charge in [-0.1, -0.05) is 34.1 Å². The van der Waals surface area contributed by atoms with Crippen molar-refractivity contribution in [3.63, 3.8) is 0 Å². The minimum atomic E-state index is -0.277. The molecule has 2 aromatic rings. The summed E-state index contributed by atoms with van der Waals surface area (Å²) in [6.07, 6.45) is 2.35. The van der Waals surface area contributed by atoms with Gasteiger partial charge in [0, 0.05) is 16.7 Å². The molecular formula is C15H15BrN4O. The quantitative estimate of drug-likeness (QED) is 0.798. The van der Waals surface area contributed by atoms with Gasteiger partial charge in [0.05, 0.1) is 0 Å². The van der Waals surface area contributed by atoms with E-state index in [1.54, 1.807) is 12.3 Å². The Morgan fingerprint density at radius 2 is 2.00 bits per heavy atom. The summed E-state index contributed by atoms with van der Waals surface area (Å²) in [6, 6.07) is 13.4. The van der Waals surface area contributed by atoms with Crippen molar-refractivity contribution in [3.05, 3.63) is 58.7 Å². The van der Waals surface area contributed by atoms with Gasteiger partial charge in [-0.05, 0) is 36.2 Å². The van der Waals surface area contributed by atoms with Gasteiger partial charge in [-0.3, -0.25) is 4.79 Å². The highest BCUT2D eigenvalue weighted by Gasteiger charge is 2.30. The first-order chi connectivity index (χ1) is 10.2. The first kappa shape index (κ1) is 14.2. The molecule has 5 nitrogen and oxygen atoms in total. The number of hydrogen-bond acceptors (Lipinski definition) is 4. The Hall–Kier alpha value is -1.76. The maximum absolute atomic E-state index is 12.2. The monoisotopic (exact) mass is 346 g/mol. The molecule has 2 atom stereocenters. The summed E-state index contributed by atoms with van der Waals surface area (Å²) in [6.45, 7) is 0. The third kappa shape index (κ3) is 3.47. The van der Waals surface area contributed by atoms with Gasteiger partial charge in [0.15, 0.2) is 0 Å². The van der Waals surface area contributed by atoms with E-state index in [0.29, 0.717) is 12.2 Å². The lowest BCUT2D eigenvalue weighted by molar-refractivity contribution is -0.117. The number of hydrazine groups is 1. The smallest absolute Gasteiger partial charge is 0.244 e. The molecule has 0 bridgehead atoms. The summed E-state index contributed by atoms with van der Waals surface area (Å²) < 4.78 is 1.04. The molecule has 0 spiro atoms. The predicted octanol–water partition coefficient (Wildman–Crippen LogP) is 2.39. The summed E-state index contributed by atoms with van der Waals surface area (Å²) in [7, 11) is 0. The number of amides is 1. The molecular weight excluding hydrogens is 332 g/mol. The Morgan fingerprint density at radius 1 is 1.19 bits per heavy atom. The summed E-state index contributed by atoms with van der Waals surface area (Å²) in [4.78, 5) is 16.3. The van der Waals surface area contributed by atoms with E-state index < -0.39 is 0 Å². The zero-order chi connectivity index (χ0) is 14.7. The average Bonchev–Trinajstić information content (AvgIpc) is 2.99. The summed E-state index contributed by atoms with van der Waals surface area (Å²) in [5.74, 6) is 0.484. The molecule has 3 N–H and O–H groups in total. The lowest BCUT2D eigenvalue weighted by atomic mass is 10.0. The Balaban J connectivity index is 1.61. The van der Waals surface area contributed by atoms with Crippen LogP contribution < -0.4 is 16.2 Å². The molecule has 3 rings (SSSR count). The number of carbonyl (C=O) groups excluding carboxylic acids is 1. The Labute approximate surface area is 131 Å². The number of halogens is 1. The van der Waals surface area contributed by atoms with Crippen LogP contribution in [-0.2, 0) is 4.79 Å². The number of aromatic nitrogens is 1. The largest absolute Gasteiger partial charge is 0.309 e. The van der Waals surface area contributed by atoms with Crippen LogP contribution in [0.4, 0.5) is 5.82 Å². The highest BCUT2D eigenvalue weighted by molar-refractivity contribution is 9.10. The van der Waals surface area contributed by atoms with Gasteiger partial charge in [-0.15, -0.1) is 0 Å². The SMILES string of the molecule is O=C(Nc1ccccn1)C1CC(c2ccc(Br)cc2)NN1. The fourth-order valence-corrected chi connectivity index (χ4v) is 2.56. The van der Waals surface area contributed by atoms with Crippen LogP contribution in [0.5, 0.6) is 0 Å². The third-order valence-electron chi connectivity index (χ3n) is 3.41. The van der Waals surface area contributed by atoms with Gasteiger partial charge >= 0.3 is 0 Å².